The molecule has 2 aliphatic rings. The Balaban J connectivity index is 1.18. The molecule has 2 aromatic carbocycles. The summed E-state index contributed by atoms with van der Waals surface area (Å²) >= 11 is 0. The van der Waals surface area contributed by atoms with E-state index in [0.29, 0.717) is 37.2 Å². The molecule has 0 radical (unpaired) electrons. The number of halogens is 3. The Bertz CT molecular complexity index is 1110. The van der Waals surface area contributed by atoms with E-state index < -0.39 is 11.7 Å². The highest BCUT2D eigenvalue weighted by molar-refractivity contribution is 5.77. The van der Waals surface area contributed by atoms with Crippen LogP contribution in [0.1, 0.15) is 76.5 Å². The number of hydrogen-bond donors (Lipinski definition) is 1. The largest absolute Gasteiger partial charge is 0.416 e. The zero-order chi connectivity index (χ0) is 28.9. The van der Waals surface area contributed by atoms with Gasteiger partial charge in [-0.2, -0.15) is 13.2 Å². The van der Waals surface area contributed by atoms with Gasteiger partial charge in [-0.25, -0.2) is 0 Å². The molecule has 0 unspecified atom stereocenters. The van der Waals surface area contributed by atoms with Gasteiger partial charge in [-0.3, -0.25) is 4.79 Å². The lowest BCUT2D eigenvalue weighted by Gasteiger charge is -2.37. The van der Waals surface area contributed by atoms with Crippen LogP contribution in [-0.4, -0.2) is 55.7 Å². The molecule has 1 N–H and O–H groups in total. The van der Waals surface area contributed by atoms with Crippen molar-refractivity contribution in [1.82, 2.24) is 4.90 Å². The van der Waals surface area contributed by atoms with Crippen molar-refractivity contribution in [2.75, 3.05) is 43.0 Å². The van der Waals surface area contributed by atoms with Crippen LogP contribution in [0.2, 0.25) is 0 Å². The minimum atomic E-state index is -4.36. The fourth-order valence-electron chi connectivity index (χ4n) is 5.69. The smallest absolute Gasteiger partial charge is 0.382 e. The van der Waals surface area contributed by atoms with Crippen LogP contribution in [0.15, 0.2) is 42.5 Å². The molecule has 1 aliphatic carbocycles. The zero-order valence-corrected chi connectivity index (χ0v) is 24.3. The maximum Gasteiger partial charge on any atom is 0.416 e. The Labute approximate surface area is 237 Å². The molecule has 1 saturated heterocycles. The SMILES string of the molecule is CCCc1ccc(NC2CCC(OCC(=O)N3CCN(c4ccc(C(C)(C)C)cc4)CC3)CC2)cc1C(F)(F)F. The first-order chi connectivity index (χ1) is 18.9. The molecule has 5 nitrogen and oxygen atoms in total. The molecular weight excluding hydrogens is 515 g/mol. The first-order valence-electron chi connectivity index (χ1n) is 14.7. The number of alkyl halides is 3. The van der Waals surface area contributed by atoms with Crippen molar-refractivity contribution >= 4 is 17.3 Å². The monoisotopic (exact) mass is 559 g/mol. The summed E-state index contributed by atoms with van der Waals surface area (Å²) in [7, 11) is 0. The molecule has 0 spiro atoms. The molecule has 220 valence electrons. The van der Waals surface area contributed by atoms with Gasteiger partial charge in [-0.05, 0) is 72.9 Å². The van der Waals surface area contributed by atoms with Crippen LogP contribution in [0.25, 0.3) is 0 Å². The zero-order valence-electron chi connectivity index (χ0n) is 24.3. The third kappa shape index (κ3) is 7.93. The Kier molecular flexibility index (Phi) is 9.70. The van der Waals surface area contributed by atoms with Crippen molar-refractivity contribution in [2.45, 2.75) is 90.0 Å². The molecule has 8 heteroatoms. The van der Waals surface area contributed by atoms with E-state index in [1.54, 1.807) is 12.1 Å². The van der Waals surface area contributed by atoms with E-state index in [2.05, 4.69) is 55.3 Å². The summed E-state index contributed by atoms with van der Waals surface area (Å²) in [5.74, 6) is 0.0230. The Morgan fingerprint density at radius 2 is 1.60 bits per heavy atom. The molecule has 2 aromatic rings. The molecular formula is C32H44F3N3O2. The number of benzene rings is 2. The first-order valence-corrected chi connectivity index (χ1v) is 14.7. The highest BCUT2D eigenvalue weighted by atomic mass is 19.4. The van der Waals surface area contributed by atoms with Gasteiger partial charge in [-0.1, -0.05) is 52.3 Å². The average molecular weight is 560 g/mol. The fourth-order valence-corrected chi connectivity index (χ4v) is 5.69. The van der Waals surface area contributed by atoms with Gasteiger partial charge in [0.25, 0.3) is 0 Å². The van der Waals surface area contributed by atoms with Crippen LogP contribution in [0, 0.1) is 0 Å². The summed E-state index contributed by atoms with van der Waals surface area (Å²) in [6.45, 7) is 11.5. The number of ether oxygens (including phenoxy) is 1. The van der Waals surface area contributed by atoms with Crippen LogP contribution >= 0.6 is 0 Å². The van der Waals surface area contributed by atoms with Crippen LogP contribution in [0.3, 0.4) is 0 Å². The number of rotatable bonds is 8. The summed E-state index contributed by atoms with van der Waals surface area (Å²) < 4.78 is 46.6. The van der Waals surface area contributed by atoms with E-state index in [-0.39, 0.29) is 30.1 Å². The quantitative estimate of drug-likeness (QED) is 0.377. The van der Waals surface area contributed by atoms with Crippen LogP contribution < -0.4 is 10.2 Å². The van der Waals surface area contributed by atoms with Crippen LogP contribution in [0.4, 0.5) is 24.5 Å². The van der Waals surface area contributed by atoms with Gasteiger partial charge < -0.3 is 19.9 Å². The number of anilines is 2. The van der Waals surface area contributed by atoms with Crippen molar-refractivity contribution in [2.24, 2.45) is 0 Å². The second-order valence-corrected chi connectivity index (χ2v) is 12.2. The van der Waals surface area contributed by atoms with Crippen molar-refractivity contribution in [3.8, 4) is 0 Å². The predicted molar refractivity (Wildman–Crippen MR) is 155 cm³/mol. The maximum atomic E-state index is 13.5. The number of carbonyl (C=O) groups excluding carboxylic acids is 1. The summed E-state index contributed by atoms with van der Waals surface area (Å²) in [6.07, 6.45) is -0.116. The lowest BCUT2D eigenvalue weighted by molar-refractivity contribution is -0.139. The Morgan fingerprint density at radius 1 is 0.950 bits per heavy atom. The number of hydrogen-bond acceptors (Lipinski definition) is 4. The summed E-state index contributed by atoms with van der Waals surface area (Å²) in [6, 6.07) is 13.4. The Morgan fingerprint density at radius 3 is 2.17 bits per heavy atom. The van der Waals surface area contributed by atoms with E-state index in [9.17, 15) is 18.0 Å². The van der Waals surface area contributed by atoms with Gasteiger partial charge in [0.2, 0.25) is 5.91 Å². The van der Waals surface area contributed by atoms with E-state index in [4.69, 9.17) is 4.74 Å². The van der Waals surface area contributed by atoms with Crippen molar-refractivity contribution in [3.05, 3.63) is 59.2 Å². The number of aryl methyl sites for hydroxylation is 1. The minimum Gasteiger partial charge on any atom is -0.382 e. The first kappa shape index (κ1) is 30.2. The van der Waals surface area contributed by atoms with E-state index in [1.807, 2.05) is 11.8 Å². The number of carbonyl (C=O) groups is 1. The fraction of sp³-hybridized carbons (Fsp3) is 0.594. The second-order valence-electron chi connectivity index (χ2n) is 12.2. The number of nitrogens with one attached hydrogen (secondary N) is 1. The van der Waals surface area contributed by atoms with Gasteiger partial charge in [0.05, 0.1) is 11.7 Å². The van der Waals surface area contributed by atoms with Crippen molar-refractivity contribution < 1.29 is 22.7 Å². The molecule has 40 heavy (non-hydrogen) atoms. The topological polar surface area (TPSA) is 44.8 Å². The van der Waals surface area contributed by atoms with E-state index in [0.717, 1.165) is 38.8 Å². The summed E-state index contributed by atoms with van der Waals surface area (Å²) in [4.78, 5) is 17.0. The average Bonchev–Trinajstić information content (AvgIpc) is 2.92. The highest BCUT2D eigenvalue weighted by Crippen LogP contribution is 2.35. The minimum absolute atomic E-state index is 0.00212. The molecule has 1 aliphatic heterocycles. The number of nitrogens with zero attached hydrogens (tertiary/aromatic N) is 2. The lowest BCUT2D eigenvalue weighted by Crippen LogP contribution is -2.50. The Hall–Kier alpha value is -2.74. The molecule has 1 amide bonds. The van der Waals surface area contributed by atoms with Crippen molar-refractivity contribution in [3.63, 3.8) is 0 Å². The molecule has 0 bridgehead atoms. The van der Waals surface area contributed by atoms with Gasteiger partial charge in [0.1, 0.15) is 6.61 Å². The second kappa shape index (κ2) is 12.8. The molecule has 4 rings (SSSR count). The molecule has 1 heterocycles. The van der Waals surface area contributed by atoms with Crippen LogP contribution in [-0.2, 0) is 27.5 Å². The van der Waals surface area contributed by atoms with Gasteiger partial charge in [-0.15, -0.1) is 0 Å². The highest BCUT2D eigenvalue weighted by Gasteiger charge is 2.33. The van der Waals surface area contributed by atoms with Gasteiger partial charge in [0.15, 0.2) is 0 Å². The van der Waals surface area contributed by atoms with Crippen molar-refractivity contribution in [1.29, 1.82) is 0 Å². The lowest BCUT2D eigenvalue weighted by atomic mass is 9.87. The molecule has 0 aromatic heterocycles. The maximum absolute atomic E-state index is 13.5. The van der Waals surface area contributed by atoms with E-state index >= 15 is 0 Å². The number of piperazine rings is 1. The molecule has 2 fully saturated rings. The summed E-state index contributed by atoms with van der Waals surface area (Å²) in [5, 5.41) is 3.29. The molecule has 1 saturated carbocycles. The third-order valence-corrected chi connectivity index (χ3v) is 8.15. The molecule has 0 atom stereocenters. The standard InChI is InChI=1S/C32H44F3N3O2/c1-5-6-23-7-10-26(21-29(23)32(33,34)35)36-25-11-15-28(16-12-25)40-22-30(39)38-19-17-37(18-20-38)27-13-8-24(9-14-27)31(2,3)4/h7-10,13-14,21,25,28,36H,5-6,11-12,15-20,22H2,1-4H3. The predicted octanol–water partition coefficient (Wildman–Crippen LogP) is 7.04. The van der Waals surface area contributed by atoms with Gasteiger partial charge in [0, 0.05) is 43.6 Å². The third-order valence-electron chi connectivity index (χ3n) is 8.15. The van der Waals surface area contributed by atoms with E-state index in [1.165, 1.54) is 17.3 Å². The normalized spacial score (nSPS) is 20.5. The summed E-state index contributed by atoms with van der Waals surface area (Å²) in [5.41, 5.74) is 2.93. The van der Waals surface area contributed by atoms with Gasteiger partial charge >= 0.3 is 6.18 Å². The number of amides is 1. The van der Waals surface area contributed by atoms with Crippen LogP contribution in [0.5, 0.6) is 0 Å².